The van der Waals surface area contributed by atoms with Crippen molar-refractivity contribution < 1.29 is 14.4 Å². The molecule has 2 amide bonds. The first kappa shape index (κ1) is 14.6. The second kappa shape index (κ2) is 4.99. The van der Waals surface area contributed by atoms with E-state index in [4.69, 9.17) is 0 Å². The lowest BCUT2D eigenvalue weighted by Gasteiger charge is -2.41. The lowest BCUT2D eigenvalue weighted by Crippen LogP contribution is -2.46. The third-order valence-corrected chi connectivity index (χ3v) is 6.38. The maximum absolute atomic E-state index is 12.9. The second-order valence-corrected chi connectivity index (χ2v) is 8.04. The van der Waals surface area contributed by atoms with Gasteiger partial charge in [-0.05, 0) is 52.9 Å². The number of ketones is 1. The van der Waals surface area contributed by atoms with E-state index >= 15 is 0 Å². The van der Waals surface area contributed by atoms with Crippen molar-refractivity contribution in [3.8, 4) is 0 Å². The summed E-state index contributed by atoms with van der Waals surface area (Å²) in [7, 11) is 0. The monoisotopic (exact) mass is 425 g/mol. The fourth-order valence-electron chi connectivity index (χ4n) is 4.28. The van der Waals surface area contributed by atoms with Gasteiger partial charge in [0, 0.05) is 21.3 Å². The van der Waals surface area contributed by atoms with E-state index in [0.29, 0.717) is 16.6 Å². The van der Waals surface area contributed by atoms with Crippen LogP contribution in [0.2, 0.25) is 0 Å². The molecular formula is C16H13Br2NO3. The average molecular weight is 427 g/mol. The summed E-state index contributed by atoms with van der Waals surface area (Å²) >= 11 is 6.80. The zero-order valence-corrected chi connectivity index (χ0v) is 14.8. The number of halogens is 2. The molecule has 0 unspecified atom stereocenters. The molecule has 3 aliphatic carbocycles. The minimum absolute atomic E-state index is 0.0369. The largest absolute Gasteiger partial charge is 0.299 e. The molecule has 4 aliphatic rings. The van der Waals surface area contributed by atoms with Crippen LogP contribution in [0.3, 0.4) is 0 Å². The molecule has 3 saturated carbocycles. The summed E-state index contributed by atoms with van der Waals surface area (Å²) in [5.74, 6) is -1.17. The van der Waals surface area contributed by atoms with Gasteiger partial charge < -0.3 is 0 Å². The molecule has 0 N–H and O–H groups in total. The summed E-state index contributed by atoms with van der Waals surface area (Å²) < 4.78 is 1.51. The summed E-state index contributed by atoms with van der Waals surface area (Å²) in [6.45, 7) is 0. The first-order valence-corrected chi connectivity index (χ1v) is 8.93. The number of amides is 2. The molecule has 1 heterocycles. The molecule has 22 heavy (non-hydrogen) atoms. The summed E-state index contributed by atoms with van der Waals surface area (Å²) in [5.41, 5.74) is 0.561. The smallest absolute Gasteiger partial charge is 0.238 e. The highest BCUT2D eigenvalue weighted by atomic mass is 79.9. The Hall–Kier alpha value is -1.01. The van der Waals surface area contributed by atoms with Crippen molar-refractivity contribution in [2.24, 2.45) is 23.7 Å². The molecule has 1 aromatic rings. The Balaban J connectivity index is 1.80. The molecule has 0 aromatic heterocycles. The first-order valence-electron chi connectivity index (χ1n) is 7.34. The minimum atomic E-state index is -0.446. The normalized spacial score (nSPS) is 33.5. The number of benzene rings is 1. The summed E-state index contributed by atoms with van der Waals surface area (Å²) in [5, 5.41) is 0. The second-order valence-electron chi connectivity index (χ2n) is 6.27. The van der Waals surface area contributed by atoms with Crippen LogP contribution < -0.4 is 4.90 Å². The van der Waals surface area contributed by atoms with Crippen molar-refractivity contribution in [2.75, 3.05) is 4.90 Å². The SMILES string of the molecule is O=C1C[C@H]2CC[C@@H]1[C@H]1C(=O)N(c3cc(Br)ccc3Br)C(=O)[C@@H]21. The van der Waals surface area contributed by atoms with Crippen molar-refractivity contribution >= 4 is 55.1 Å². The molecule has 1 aliphatic heterocycles. The molecule has 4 fully saturated rings. The molecule has 4 nitrogen and oxygen atoms in total. The van der Waals surface area contributed by atoms with Crippen LogP contribution in [-0.4, -0.2) is 17.6 Å². The van der Waals surface area contributed by atoms with Crippen molar-refractivity contribution in [1.82, 2.24) is 0 Å². The van der Waals surface area contributed by atoms with E-state index in [1.54, 1.807) is 6.07 Å². The molecule has 4 atom stereocenters. The van der Waals surface area contributed by atoms with Gasteiger partial charge in [-0.1, -0.05) is 15.9 Å². The zero-order chi connectivity index (χ0) is 15.6. The molecule has 2 bridgehead atoms. The maximum atomic E-state index is 12.9. The predicted octanol–water partition coefficient (Wildman–Crippen LogP) is 3.32. The Labute approximate surface area is 144 Å². The number of hydrogen-bond acceptors (Lipinski definition) is 3. The first-order chi connectivity index (χ1) is 10.5. The topological polar surface area (TPSA) is 54.5 Å². The predicted molar refractivity (Wildman–Crippen MR) is 87.2 cm³/mol. The van der Waals surface area contributed by atoms with Crippen LogP contribution in [0.4, 0.5) is 5.69 Å². The number of anilines is 1. The number of rotatable bonds is 1. The lowest BCUT2D eigenvalue weighted by atomic mass is 9.59. The fourth-order valence-corrected chi connectivity index (χ4v) is 5.05. The van der Waals surface area contributed by atoms with E-state index in [0.717, 1.165) is 17.3 Å². The van der Waals surface area contributed by atoms with E-state index < -0.39 is 5.92 Å². The third-order valence-electron chi connectivity index (χ3n) is 5.21. The van der Waals surface area contributed by atoms with E-state index in [1.165, 1.54) is 4.90 Å². The van der Waals surface area contributed by atoms with Gasteiger partial charge in [0.2, 0.25) is 11.8 Å². The van der Waals surface area contributed by atoms with Gasteiger partial charge >= 0.3 is 0 Å². The van der Waals surface area contributed by atoms with E-state index in [9.17, 15) is 14.4 Å². The fraction of sp³-hybridized carbons (Fsp3) is 0.438. The number of fused-ring (bicyclic) bond motifs is 2. The Kier molecular flexibility index (Phi) is 3.31. The van der Waals surface area contributed by atoms with Crippen LogP contribution in [0.25, 0.3) is 0 Å². The van der Waals surface area contributed by atoms with Crippen LogP contribution in [0.1, 0.15) is 19.3 Å². The molecule has 1 saturated heterocycles. The lowest BCUT2D eigenvalue weighted by molar-refractivity contribution is -0.143. The Morgan fingerprint density at radius 3 is 2.45 bits per heavy atom. The molecule has 0 spiro atoms. The van der Waals surface area contributed by atoms with Crippen LogP contribution in [0.5, 0.6) is 0 Å². The van der Waals surface area contributed by atoms with Gasteiger partial charge in [0.25, 0.3) is 0 Å². The zero-order valence-electron chi connectivity index (χ0n) is 11.6. The molecular weight excluding hydrogens is 414 g/mol. The van der Waals surface area contributed by atoms with Crippen LogP contribution in [-0.2, 0) is 14.4 Å². The molecule has 1 aromatic carbocycles. The quantitative estimate of drug-likeness (QED) is 0.647. The number of nitrogens with zero attached hydrogens (tertiary/aromatic N) is 1. The van der Waals surface area contributed by atoms with Crippen molar-refractivity contribution in [3.05, 3.63) is 27.1 Å². The van der Waals surface area contributed by atoms with Gasteiger partial charge in [-0.3, -0.25) is 14.4 Å². The van der Waals surface area contributed by atoms with E-state index in [-0.39, 0.29) is 35.4 Å². The van der Waals surface area contributed by atoms with Crippen LogP contribution in [0, 0.1) is 23.7 Å². The van der Waals surface area contributed by atoms with Crippen LogP contribution in [0.15, 0.2) is 27.1 Å². The summed E-state index contributed by atoms with van der Waals surface area (Å²) in [4.78, 5) is 39.1. The third kappa shape index (κ3) is 1.89. The van der Waals surface area contributed by atoms with Gasteiger partial charge in [-0.2, -0.15) is 0 Å². The van der Waals surface area contributed by atoms with E-state index in [2.05, 4.69) is 31.9 Å². The van der Waals surface area contributed by atoms with Crippen molar-refractivity contribution in [2.45, 2.75) is 19.3 Å². The van der Waals surface area contributed by atoms with Crippen molar-refractivity contribution in [3.63, 3.8) is 0 Å². The number of carbonyl (C=O) groups excluding carboxylic acids is 3. The number of hydrogen-bond donors (Lipinski definition) is 0. The minimum Gasteiger partial charge on any atom is -0.299 e. The van der Waals surface area contributed by atoms with Gasteiger partial charge in [-0.25, -0.2) is 4.90 Å². The highest BCUT2D eigenvalue weighted by Gasteiger charge is 2.61. The Morgan fingerprint density at radius 2 is 1.73 bits per heavy atom. The number of Topliss-reactive ketones (excluding diaryl/α,β-unsaturated/α-hetero) is 1. The molecule has 0 radical (unpaired) electrons. The molecule has 114 valence electrons. The molecule has 6 heteroatoms. The van der Waals surface area contributed by atoms with Crippen LogP contribution >= 0.6 is 31.9 Å². The summed E-state index contributed by atoms with van der Waals surface area (Å²) in [6.07, 6.45) is 2.08. The Morgan fingerprint density at radius 1 is 1.00 bits per heavy atom. The number of carbonyl (C=O) groups is 3. The highest BCUT2D eigenvalue weighted by molar-refractivity contribution is 9.11. The van der Waals surface area contributed by atoms with Gasteiger partial charge in [0.1, 0.15) is 5.78 Å². The van der Waals surface area contributed by atoms with E-state index in [1.807, 2.05) is 12.1 Å². The van der Waals surface area contributed by atoms with Crippen molar-refractivity contribution in [1.29, 1.82) is 0 Å². The molecule has 5 rings (SSSR count). The standard InChI is InChI=1S/C16H13Br2NO3/c17-8-2-4-10(18)11(6-8)19-15(21)13-7-1-3-9(12(20)5-7)14(13)16(19)22/h2,4,6-7,9,13-14H,1,3,5H2/t7-,9+,13+,14-/m1/s1. The summed E-state index contributed by atoms with van der Waals surface area (Å²) in [6, 6.07) is 5.42. The van der Waals surface area contributed by atoms with Gasteiger partial charge in [-0.15, -0.1) is 0 Å². The maximum Gasteiger partial charge on any atom is 0.238 e. The highest BCUT2D eigenvalue weighted by Crippen LogP contribution is 2.52. The number of imide groups is 1. The average Bonchev–Trinajstić information content (AvgIpc) is 2.76. The van der Waals surface area contributed by atoms with Gasteiger partial charge in [0.15, 0.2) is 0 Å². The van der Waals surface area contributed by atoms with Gasteiger partial charge in [0.05, 0.1) is 17.5 Å². The Bertz CT molecular complexity index is 717.